The number of nitrogens with one attached hydrogen (secondary N) is 1. The average molecular weight is 386 g/mol. The molecule has 0 aliphatic carbocycles. The van der Waals surface area contributed by atoms with Crippen molar-refractivity contribution in [3.8, 4) is 5.75 Å². The van der Waals surface area contributed by atoms with Crippen LogP contribution in [0.25, 0.3) is 0 Å². The van der Waals surface area contributed by atoms with Crippen LogP contribution >= 0.6 is 0 Å². The van der Waals surface area contributed by atoms with Gasteiger partial charge in [-0.3, -0.25) is 4.68 Å². The van der Waals surface area contributed by atoms with Crippen LogP contribution in [0.15, 0.2) is 36.5 Å². The molecular weight excluding hydrogens is 350 g/mol. The Morgan fingerprint density at radius 1 is 1.11 bits per heavy atom. The van der Waals surface area contributed by atoms with E-state index in [1.54, 1.807) is 0 Å². The van der Waals surface area contributed by atoms with Crippen LogP contribution in [0.4, 0.5) is 0 Å². The molecule has 3 rings (SSSR count). The number of para-hydroxylation sites is 1. The predicted molar refractivity (Wildman–Crippen MR) is 114 cm³/mol. The largest absolute Gasteiger partial charge is 0.493 e. The molecule has 6 nitrogen and oxygen atoms in total. The van der Waals surface area contributed by atoms with Crippen LogP contribution in [0.2, 0.25) is 0 Å². The zero-order valence-corrected chi connectivity index (χ0v) is 17.6. The third kappa shape index (κ3) is 5.80. The zero-order chi connectivity index (χ0) is 19.8. The minimum absolute atomic E-state index is 0.290. The van der Waals surface area contributed by atoms with E-state index in [1.807, 2.05) is 17.9 Å². The van der Waals surface area contributed by atoms with Crippen molar-refractivity contribution in [2.45, 2.75) is 32.4 Å². The Morgan fingerprint density at radius 3 is 2.61 bits per heavy atom. The Kier molecular flexibility index (Phi) is 7.89. The van der Waals surface area contributed by atoms with Crippen LogP contribution in [0.5, 0.6) is 5.75 Å². The lowest BCUT2D eigenvalue weighted by Gasteiger charge is -2.32. The first kappa shape index (κ1) is 20.8. The minimum Gasteiger partial charge on any atom is -0.493 e. The lowest BCUT2D eigenvalue weighted by atomic mass is 10.1. The van der Waals surface area contributed by atoms with E-state index in [1.165, 1.54) is 37.4 Å². The number of ether oxygens (including phenoxy) is 1. The van der Waals surface area contributed by atoms with Crippen LogP contribution in [-0.4, -0.2) is 66.0 Å². The smallest absolute Gasteiger partial charge is 0.123 e. The maximum absolute atomic E-state index is 6.14. The van der Waals surface area contributed by atoms with Gasteiger partial charge in [-0.2, -0.15) is 5.10 Å². The van der Waals surface area contributed by atoms with Gasteiger partial charge >= 0.3 is 0 Å². The van der Waals surface area contributed by atoms with Crippen molar-refractivity contribution < 1.29 is 4.74 Å². The highest BCUT2D eigenvalue weighted by molar-refractivity contribution is 5.33. The number of nitrogens with zero attached hydrogens (tertiary/aromatic N) is 4. The number of aromatic nitrogens is 2. The van der Waals surface area contributed by atoms with Crippen molar-refractivity contribution in [1.29, 1.82) is 0 Å². The lowest BCUT2D eigenvalue weighted by molar-refractivity contribution is 0.145. The van der Waals surface area contributed by atoms with E-state index >= 15 is 0 Å². The average Bonchev–Trinajstić information content (AvgIpc) is 3.14. The fourth-order valence-corrected chi connectivity index (χ4v) is 3.75. The lowest BCUT2D eigenvalue weighted by Crippen LogP contribution is -2.44. The van der Waals surface area contributed by atoms with Crippen LogP contribution in [0, 0.1) is 0 Å². The SMILES string of the molecule is CC[C@@H](NCc1ccccc1OCCCN1CCN(C)CC1)c1ccnn1C. The fraction of sp³-hybridized carbons (Fsp3) is 0.591. The minimum atomic E-state index is 0.290. The third-order valence-electron chi connectivity index (χ3n) is 5.61. The third-order valence-corrected chi connectivity index (χ3v) is 5.61. The molecule has 1 aliphatic heterocycles. The van der Waals surface area contributed by atoms with Gasteiger partial charge in [0.05, 0.1) is 12.3 Å². The van der Waals surface area contributed by atoms with Crippen LogP contribution < -0.4 is 10.1 Å². The molecule has 2 heterocycles. The Labute approximate surface area is 169 Å². The van der Waals surface area contributed by atoms with Gasteiger partial charge in [-0.05, 0) is 32.0 Å². The molecule has 0 spiro atoms. The molecule has 0 saturated carbocycles. The van der Waals surface area contributed by atoms with Gasteiger partial charge in [-0.25, -0.2) is 0 Å². The summed E-state index contributed by atoms with van der Waals surface area (Å²) < 4.78 is 8.08. The van der Waals surface area contributed by atoms with Gasteiger partial charge in [0.1, 0.15) is 5.75 Å². The quantitative estimate of drug-likeness (QED) is 0.637. The molecule has 1 fully saturated rings. The molecule has 1 aromatic carbocycles. The molecule has 1 saturated heterocycles. The van der Waals surface area contributed by atoms with E-state index in [0.29, 0.717) is 0 Å². The number of hydrogen-bond acceptors (Lipinski definition) is 5. The van der Waals surface area contributed by atoms with E-state index in [9.17, 15) is 0 Å². The number of piperazine rings is 1. The summed E-state index contributed by atoms with van der Waals surface area (Å²) in [6.45, 7) is 9.56. The van der Waals surface area contributed by atoms with Gasteiger partial charge in [-0.1, -0.05) is 25.1 Å². The van der Waals surface area contributed by atoms with Gasteiger partial charge in [-0.15, -0.1) is 0 Å². The molecular formula is C22H35N5O. The molecule has 28 heavy (non-hydrogen) atoms. The second kappa shape index (κ2) is 10.6. The van der Waals surface area contributed by atoms with Crippen molar-refractivity contribution in [2.24, 2.45) is 7.05 Å². The van der Waals surface area contributed by atoms with Gasteiger partial charge in [0, 0.05) is 64.1 Å². The Bertz CT molecular complexity index is 708. The highest BCUT2D eigenvalue weighted by atomic mass is 16.5. The second-order valence-corrected chi connectivity index (χ2v) is 7.68. The van der Waals surface area contributed by atoms with E-state index in [-0.39, 0.29) is 6.04 Å². The highest BCUT2D eigenvalue weighted by Gasteiger charge is 2.14. The summed E-state index contributed by atoms with van der Waals surface area (Å²) in [5.41, 5.74) is 2.43. The molecule has 154 valence electrons. The predicted octanol–water partition coefficient (Wildman–Crippen LogP) is 2.68. The summed E-state index contributed by atoms with van der Waals surface area (Å²) in [4.78, 5) is 4.93. The van der Waals surface area contributed by atoms with E-state index in [4.69, 9.17) is 4.74 Å². The number of benzene rings is 1. The molecule has 1 atom stereocenters. The fourth-order valence-electron chi connectivity index (χ4n) is 3.75. The van der Waals surface area contributed by atoms with E-state index in [0.717, 1.165) is 38.3 Å². The second-order valence-electron chi connectivity index (χ2n) is 7.68. The number of hydrogen-bond donors (Lipinski definition) is 1. The first-order valence-corrected chi connectivity index (χ1v) is 10.5. The van der Waals surface area contributed by atoms with Gasteiger partial charge in [0.2, 0.25) is 0 Å². The van der Waals surface area contributed by atoms with Crippen molar-refractivity contribution in [1.82, 2.24) is 24.9 Å². The van der Waals surface area contributed by atoms with Crippen LogP contribution in [-0.2, 0) is 13.6 Å². The topological polar surface area (TPSA) is 45.6 Å². The summed E-state index contributed by atoms with van der Waals surface area (Å²) in [6, 6.07) is 10.7. The van der Waals surface area contributed by atoms with Gasteiger partial charge in [0.15, 0.2) is 0 Å². The maximum atomic E-state index is 6.14. The normalized spacial score (nSPS) is 17.0. The van der Waals surface area contributed by atoms with E-state index < -0.39 is 0 Å². The summed E-state index contributed by atoms with van der Waals surface area (Å²) >= 11 is 0. The summed E-state index contributed by atoms with van der Waals surface area (Å²) in [6.07, 6.45) is 3.95. The molecule has 2 aromatic rings. The van der Waals surface area contributed by atoms with Gasteiger partial charge in [0.25, 0.3) is 0 Å². The first-order valence-electron chi connectivity index (χ1n) is 10.5. The summed E-state index contributed by atoms with van der Waals surface area (Å²) in [5.74, 6) is 0.994. The molecule has 0 unspecified atom stereocenters. The van der Waals surface area contributed by atoms with Crippen LogP contribution in [0.3, 0.4) is 0 Å². The molecule has 0 radical (unpaired) electrons. The first-order chi connectivity index (χ1) is 13.7. The van der Waals surface area contributed by atoms with Crippen molar-refractivity contribution in [3.63, 3.8) is 0 Å². The van der Waals surface area contributed by atoms with Crippen molar-refractivity contribution >= 4 is 0 Å². The number of likely N-dealkylation sites (N-methyl/N-ethyl adjacent to an activating group) is 1. The molecule has 6 heteroatoms. The number of aryl methyl sites for hydroxylation is 1. The molecule has 1 aliphatic rings. The van der Waals surface area contributed by atoms with Crippen molar-refractivity contribution in [2.75, 3.05) is 46.4 Å². The Morgan fingerprint density at radius 2 is 1.89 bits per heavy atom. The molecule has 1 N–H and O–H groups in total. The monoisotopic (exact) mass is 385 g/mol. The molecule has 0 bridgehead atoms. The standard InChI is InChI=1S/C22H35N5O/c1-4-20(21-10-11-24-26(21)3)23-18-19-8-5-6-9-22(19)28-17-7-12-27-15-13-25(2)14-16-27/h5-6,8-11,20,23H,4,7,12-18H2,1-3H3/t20-/m1/s1. The van der Waals surface area contributed by atoms with Gasteiger partial charge < -0.3 is 19.9 Å². The Hall–Kier alpha value is -1.89. The zero-order valence-electron chi connectivity index (χ0n) is 17.6. The van der Waals surface area contributed by atoms with E-state index in [2.05, 4.69) is 64.5 Å². The molecule has 0 amide bonds. The molecule has 1 aromatic heterocycles. The maximum Gasteiger partial charge on any atom is 0.123 e. The summed E-state index contributed by atoms with van der Waals surface area (Å²) in [5, 5.41) is 7.96. The highest BCUT2D eigenvalue weighted by Crippen LogP contribution is 2.21. The van der Waals surface area contributed by atoms with Crippen LogP contribution in [0.1, 0.15) is 37.1 Å². The summed E-state index contributed by atoms with van der Waals surface area (Å²) in [7, 11) is 4.19. The van der Waals surface area contributed by atoms with Crippen molar-refractivity contribution in [3.05, 3.63) is 47.8 Å². The Balaban J connectivity index is 1.47. The number of rotatable bonds is 10.